The molecule has 0 saturated carbocycles. The smallest absolute Gasteiger partial charge is 0.256 e. The molecule has 10 nitrogen and oxygen atoms in total. The molecule has 5 heterocycles. The maximum absolute atomic E-state index is 15.9. The molecule has 6 aromatic rings. The van der Waals surface area contributed by atoms with Gasteiger partial charge in [0.1, 0.15) is 27.9 Å². The molecule has 3 aromatic carbocycles. The number of benzene rings is 3. The minimum atomic E-state index is -0.612. The number of nitrogens with zero attached hydrogens (tertiary/aromatic N) is 4. The van der Waals surface area contributed by atoms with Gasteiger partial charge in [0.15, 0.2) is 17.3 Å². The van der Waals surface area contributed by atoms with E-state index in [4.69, 9.17) is 9.15 Å². The van der Waals surface area contributed by atoms with Crippen LogP contribution >= 0.6 is 0 Å². The standard InChI is InChI=1S/C34H31FN6O4/c35-25-16-23-31-33(30(25)37-10-15-39-11-3-4-12-39)45-29-17-22-21-6-1-2-7-27(21)44-28(22)18-26(29)41(31)19-24(32(23)42)34(43)38-8-5-13-40-14-9-36-20-40/h1-2,6-7,9,14,16-20,37H,3-5,8,10-13,15H2,(H,38,43). The summed E-state index contributed by atoms with van der Waals surface area (Å²) in [7, 11) is 0. The van der Waals surface area contributed by atoms with Gasteiger partial charge >= 0.3 is 0 Å². The largest absolute Gasteiger partial charge is 0.456 e. The van der Waals surface area contributed by atoms with Gasteiger partial charge in [0.2, 0.25) is 5.43 Å². The summed E-state index contributed by atoms with van der Waals surface area (Å²) in [5.41, 5.74) is 1.88. The van der Waals surface area contributed by atoms with E-state index in [9.17, 15) is 9.59 Å². The Balaban J connectivity index is 1.22. The zero-order chi connectivity index (χ0) is 30.5. The Bertz CT molecular complexity index is 2150. The fraction of sp³-hybridized carbons (Fsp3) is 0.265. The lowest BCUT2D eigenvalue weighted by atomic mass is 10.0. The van der Waals surface area contributed by atoms with Crippen LogP contribution in [0.15, 0.2) is 76.6 Å². The molecular formula is C34H31FN6O4. The first kappa shape index (κ1) is 27.4. The number of para-hydroxylation sites is 1. The number of anilines is 1. The van der Waals surface area contributed by atoms with Gasteiger partial charge in [-0.3, -0.25) is 9.59 Å². The first-order chi connectivity index (χ1) is 22.0. The Morgan fingerprint density at radius 3 is 2.71 bits per heavy atom. The van der Waals surface area contributed by atoms with Crippen molar-refractivity contribution < 1.29 is 18.3 Å². The highest BCUT2D eigenvalue weighted by atomic mass is 19.1. The number of rotatable bonds is 9. The summed E-state index contributed by atoms with van der Waals surface area (Å²) in [4.78, 5) is 33.5. The summed E-state index contributed by atoms with van der Waals surface area (Å²) < 4.78 is 32.2. The zero-order valence-electron chi connectivity index (χ0n) is 24.5. The molecular weight excluding hydrogens is 575 g/mol. The highest BCUT2D eigenvalue weighted by Crippen LogP contribution is 2.47. The quantitative estimate of drug-likeness (QED) is 0.204. The molecule has 2 aliphatic heterocycles. The van der Waals surface area contributed by atoms with Crippen LogP contribution < -0.4 is 20.8 Å². The summed E-state index contributed by atoms with van der Waals surface area (Å²) in [6.07, 6.45) is 9.77. The van der Waals surface area contributed by atoms with Gasteiger partial charge in [-0.05, 0) is 50.6 Å². The van der Waals surface area contributed by atoms with Crippen LogP contribution in [0.3, 0.4) is 0 Å². The molecule has 0 bridgehead atoms. The van der Waals surface area contributed by atoms with E-state index >= 15 is 4.39 Å². The van der Waals surface area contributed by atoms with Crippen molar-refractivity contribution in [1.29, 1.82) is 0 Å². The Hall–Kier alpha value is -5.16. The minimum Gasteiger partial charge on any atom is -0.456 e. The van der Waals surface area contributed by atoms with Crippen LogP contribution in [-0.2, 0) is 6.54 Å². The van der Waals surface area contributed by atoms with Crippen molar-refractivity contribution in [3.63, 3.8) is 0 Å². The van der Waals surface area contributed by atoms with Crippen LogP contribution in [0.25, 0.3) is 38.5 Å². The minimum absolute atomic E-state index is 0.0639. The molecule has 2 N–H and O–H groups in total. The lowest BCUT2D eigenvalue weighted by Gasteiger charge is -2.26. The number of ether oxygens (including phenoxy) is 1. The molecule has 1 amide bonds. The molecule has 0 unspecified atom stereocenters. The van der Waals surface area contributed by atoms with E-state index in [-0.39, 0.29) is 22.4 Å². The number of nitrogens with one attached hydrogen (secondary N) is 2. The van der Waals surface area contributed by atoms with Gasteiger partial charge < -0.3 is 33.8 Å². The van der Waals surface area contributed by atoms with Crippen LogP contribution in [0.1, 0.15) is 29.6 Å². The monoisotopic (exact) mass is 606 g/mol. The van der Waals surface area contributed by atoms with Gasteiger partial charge in [0, 0.05) is 61.6 Å². The topological polar surface area (TPSA) is 107 Å². The third kappa shape index (κ3) is 4.80. The molecule has 0 aliphatic carbocycles. The summed E-state index contributed by atoms with van der Waals surface area (Å²) in [5, 5.41) is 7.94. The fourth-order valence-corrected chi connectivity index (χ4v) is 6.49. The van der Waals surface area contributed by atoms with E-state index in [1.54, 1.807) is 17.1 Å². The highest BCUT2D eigenvalue weighted by molar-refractivity contribution is 6.07. The molecule has 2 aliphatic rings. The van der Waals surface area contributed by atoms with Crippen molar-refractivity contribution in [2.24, 2.45) is 0 Å². The van der Waals surface area contributed by atoms with Gasteiger partial charge in [0.25, 0.3) is 5.91 Å². The maximum Gasteiger partial charge on any atom is 0.256 e. The average Bonchev–Trinajstić information content (AvgIpc) is 3.83. The van der Waals surface area contributed by atoms with Gasteiger partial charge in [-0.15, -0.1) is 0 Å². The first-order valence-corrected chi connectivity index (χ1v) is 15.3. The number of hydrogen-bond donors (Lipinski definition) is 2. The van der Waals surface area contributed by atoms with Gasteiger partial charge in [0.05, 0.1) is 17.4 Å². The lowest BCUT2D eigenvalue weighted by molar-refractivity contribution is 0.0951. The number of aryl methyl sites for hydroxylation is 1. The number of likely N-dealkylation sites (tertiary alicyclic amines) is 1. The van der Waals surface area contributed by atoms with E-state index < -0.39 is 17.2 Å². The van der Waals surface area contributed by atoms with Crippen LogP contribution in [0.4, 0.5) is 10.1 Å². The number of pyridine rings is 1. The number of aromatic nitrogens is 3. The van der Waals surface area contributed by atoms with E-state index in [0.717, 1.165) is 36.0 Å². The molecule has 1 fully saturated rings. The Morgan fingerprint density at radius 2 is 1.87 bits per heavy atom. The highest BCUT2D eigenvalue weighted by Gasteiger charge is 2.29. The molecule has 0 spiro atoms. The number of amides is 1. The third-order valence-corrected chi connectivity index (χ3v) is 8.74. The summed E-state index contributed by atoms with van der Waals surface area (Å²) in [5.74, 6) is -0.454. The number of hydrogen-bond acceptors (Lipinski definition) is 7. The van der Waals surface area contributed by atoms with Crippen LogP contribution in [0.5, 0.6) is 11.5 Å². The van der Waals surface area contributed by atoms with E-state index in [0.29, 0.717) is 48.6 Å². The SMILES string of the molecule is O=C(NCCCn1ccnc1)c1cn2c3c(c(NCCN4CCCC4)c(F)cc3c1=O)Oc1cc3c(cc1-2)oc1ccccc13. The van der Waals surface area contributed by atoms with Gasteiger partial charge in [-0.25, -0.2) is 9.37 Å². The molecule has 1 saturated heterocycles. The second-order valence-electron chi connectivity index (χ2n) is 11.6. The number of furan rings is 1. The van der Waals surface area contributed by atoms with Crippen molar-refractivity contribution in [2.45, 2.75) is 25.8 Å². The predicted octanol–water partition coefficient (Wildman–Crippen LogP) is 5.66. The van der Waals surface area contributed by atoms with E-state index in [1.165, 1.54) is 25.1 Å². The Morgan fingerprint density at radius 1 is 1.00 bits per heavy atom. The number of carbonyl (C=O) groups is 1. The van der Waals surface area contributed by atoms with Crippen molar-refractivity contribution in [2.75, 3.05) is 38.0 Å². The Kier molecular flexibility index (Phi) is 6.75. The second kappa shape index (κ2) is 11.1. The molecule has 0 radical (unpaired) electrons. The predicted molar refractivity (Wildman–Crippen MR) is 170 cm³/mol. The maximum atomic E-state index is 15.9. The average molecular weight is 607 g/mol. The van der Waals surface area contributed by atoms with E-state index in [1.807, 2.05) is 47.2 Å². The Labute approximate surface area is 257 Å². The summed E-state index contributed by atoms with van der Waals surface area (Å²) >= 11 is 0. The summed E-state index contributed by atoms with van der Waals surface area (Å²) in [6.45, 7) is 4.36. The van der Waals surface area contributed by atoms with Crippen LogP contribution in [0, 0.1) is 5.82 Å². The molecule has 8 rings (SSSR count). The zero-order valence-corrected chi connectivity index (χ0v) is 24.5. The first-order valence-electron chi connectivity index (χ1n) is 15.3. The molecule has 11 heteroatoms. The van der Waals surface area contributed by atoms with Crippen LogP contribution in [0.2, 0.25) is 0 Å². The van der Waals surface area contributed by atoms with Crippen molar-refractivity contribution >= 4 is 44.4 Å². The molecule has 45 heavy (non-hydrogen) atoms. The number of halogens is 1. The molecule has 3 aromatic heterocycles. The molecule has 0 atom stereocenters. The number of imidazole rings is 1. The van der Waals surface area contributed by atoms with Crippen molar-refractivity contribution in [3.8, 4) is 17.2 Å². The molecule has 228 valence electrons. The number of fused-ring (bicyclic) bond motifs is 5. The number of carbonyl (C=O) groups excluding carboxylic acids is 1. The normalized spacial score (nSPS) is 14.2. The van der Waals surface area contributed by atoms with Gasteiger partial charge in [-0.1, -0.05) is 18.2 Å². The third-order valence-electron chi connectivity index (χ3n) is 8.74. The van der Waals surface area contributed by atoms with Crippen molar-refractivity contribution in [3.05, 3.63) is 89.0 Å². The fourth-order valence-electron chi connectivity index (χ4n) is 6.49. The lowest BCUT2D eigenvalue weighted by Crippen LogP contribution is -2.31. The van der Waals surface area contributed by atoms with Crippen LogP contribution in [-0.4, -0.2) is 57.6 Å². The second-order valence-corrected chi connectivity index (χ2v) is 11.6. The summed E-state index contributed by atoms with van der Waals surface area (Å²) in [6, 6.07) is 12.6. The van der Waals surface area contributed by atoms with Crippen molar-refractivity contribution in [1.82, 2.24) is 24.3 Å². The van der Waals surface area contributed by atoms with Gasteiger partial charge in [-0.2, -0.15) is 0 Å². The van der Waals surface area contributed by atoms with E-state index in [2.05, 4.69) is 20.5 Å².